The minimum absolute atomic E-state index is 0.243. The van der Waals surface area contributed by atoms with Gasteiger partial charge in [0.05, 0.1) is 5.57 Å². The molecular weight excluding hydrogens is 306 g/mol. The second kappa shape index (κ2) is 5.08. The lowest BCUT2D eigenvalue weighted by molar-refractivity contribution is -0.121. The Hall–Kier alpha value is -1.57. The van der Waals surface area contributed by atoms with Crippen molar-refractivity contribution in [3.8, 4) is 0 Å². The third-order valence-electron chi connectivity index (χ3n) is 3.04. The third kappa shape index (κ3) is 2.65. The van der Waals surface area contributed by atoms with Crippen molar-refractivity contribution in [1.82, 2.24) is 0 Å². The topological polar surface area (TPSA) is 107 Å². The predicted octanol–water partition coefficient (Wildman–Crippen LogP) is 1.43. The molecule has 0 saturated carbocycles. The zero-order valence-electron chi connectivity index (χ0n) is 10.4. The molecule has 3 N–H and O–H groups in total. The maximum Gasteiger partial charge on any atom is 0.272 e. The van der Waals surface area contributed by atoms with Crippen molar-refractivity contribution < 1.29 is 22.5 Å². The van der Waals surface area contributed by atoms with Crippen molar-refractivity contribution in [3.05, 3.63) is 46.3 Å². The summed E-state index contributed by atoms with van der Waals surface area (Å²) >= 11 is 5.75. The zero-order valence-corrected chi connectivity index (χ0v) is 12.0. The number of hydrogen-bond donors (Lipinski definition) is 2. The number of benzene rings is 1. The fraction of sp³-hybridized carbons (Fsp3) is 0.250. The number of halogens is 1. The van der Waals surface area contributed by atoms with Gasteiger partial charge in [-0.05, 0) is 19.1 Å². The molecule has 1 aliphatic heterocycles. The van der Waals surface area contributed by atoms with E-state index >= 15 is 0 Å². The second-order valence-corrected chi connectivity index (χ2v) is 6.52. The van der Waals surface area contributed by atoms with E-state index in [9.17, 15) is 13.2 Å². The van der Waals surface area contributed by atoms with Crippen LogP contribution in [0.5, 0.6) is 0 Å². The number of rotatable bonds is 3. The molecule has 0 spiro atoms. The molecule has 1 aromatic rings. The standard InChI is InChI=1S/C12H12ClNO5S/c1-6(20(16,17)18)9-10(15)11(19-12(9)14)7-2-4-8(13)5-3-7/h2-6,11H,14H2,1H3,(H,16,17,18). The van der Waals surface area contributed by atoms with E-state index in [-0.39, 0.29) is 11.5 Å². The Labute approximate surface area is 120 Å². The Bertz CT molecular complexity index is 680. The van der Waals surface area contributed by atoms with Gasteiger partial charge in [-0.1, -0.05) is 23.7 Å². The fourth-order valence-corrected chi connectivity index (χ4v) is 2.57. The SMILES string of the molecule is CC(C1=C(N)OC(c2ccc(Cl)cc2)C1=O)S(=O)(=O)O. The highest BCUT2D eigenvalue weighted by Crippen LogP contribution is 2.34. The summed E-state index contributed by atoms with van der Waals surface area (Å²) in [7, 11) is -4.42. The molecular formula is C12H12ClNO5S. The average molecular weight is 318 g/mol. The highest BCUT2D eigenvalue weighted by molar-refractivity contribution is 7.86. The number of hydrogen-bond acceptors (Lipinski definition) is 5. The van der Waals surface area contributed by atoms with Gasteiger partial charge in [0.25, 0.3) is 10.1 Å². The number of nitrogens with two attached hydrogens (primary N) is 1. The summed E-state index contributed by atoms with van der Waals surface area (Å²) in [6.45, 7) is 1.17. The van der Waals surface area contributed by atoms with Crippen molar-refractivity contribution in [2.45, 2.75) is 18.3 Å². The number of carbonyl (C=O) groups excluding carboxylic acids is 1. The lowest BCUT2D eigenvalue weighted by Gasteiger charge is -2.10. The Kier molecular flexibility index (Phi) is 3.77. The Morgan fingerprint density at radius 1 is 1.35 bits per heavy atom. The highest BCUT2D eigenvalue weighted by Gasteiger charge is 2.41. The first-order valence-electron chi connectivity index (χ1n) is 5.64. The van der Waals surface area contributed by atoms with Crippen LogP contribution in [0.15, 0.2) is 35.7 Å². The van der Waals surface area contributed by atoms with E-state index in [1.165, 1.54) is 6.92 Å². The fourth-order valence-electron chi connectivity index (χ4n) is 1.91. The number of ketones is 1. The maximum atomic E-state index is 12.2. The van der Waals surface area contributed by atoms with Crippen LogP contribution in [0.3, 0.4) is 0 Å². The maximum absolute atomic E-state index is 12.2. The first-order chi connectivity index (χ1) is 9.21. The van der Waals surface area contributed by atoms with Gasteiger partial charge in [0, 0.05) is 10.6 Å². The quantitative estimate of drug-likeness (QED) is 0.817. The molecule has 0 saturated heterocycles. The normalized spacial score (nSPS) is 20.9. The van der Waals surface area contributed by atoms with E-state index in [0.717, 1.165) is 0 Å². The minimum atomic E-state index is -4.42. The summed E-state index contributed by atoms with van der Waals surface area (Å²) in [5.74, 6) is -0.880. The molecule has 0 amide bonds. The molecule has 6 nitrogen and oxygen atoms in total. The summed E-state index contributed by atoms with van der Waals surface area (Å²) in [4.78, 5) is 12.2. The van der Waals surface area contributed by atoms with Gasteiger partial charge in [0.1, 0.15) is 5.25 Å². The molecule has 0 radical (unpaired) electrons. The molecule has 0 fully saturated rings. The molecule has 2 atom stereocenters. The Balaban J connectivity index is 2.34. The van der Waals surface area contributed by atoms with E-state index in [1.807, 2.05) is 0 Å². The Morgan fingerprint density at radius 3 is 2.40 bits per heavy atom. The van der Waals surface area contributed by atoms with Gasteiger partial charge in [-0.2, -0.15) is 8.42 Å². The lowest BCUT2D eigenvalue weighted by atomic mass is 10.0. The van der Waals surface area contributed by atoms with Crippen molar-refractivity contribution in [2.75, 3.05) is 0 Å². The summed E-state index contributed by atoms with van der Waals surface area (Å²) in [6.07, 6.45) is -1.02. The summed E-state index contributed by atoms with van der Waals surface area (Å²) < 4.78 is 36.5. The number of ether oxygens (including phenoxy) is 1. The predicted molar refractivity (Wildman–Crippen MR) is 72.5 cm³/mol. The van der Waals surface area contributed by atoms with Crippen LogP contribution < -0.4 is 5.73 Å². The van der Waals surface area contributed by atoms with E-state index in [2.05, 4.69) is 0 Å². The van der Waals surface area contributed by atoms with Crippen LogP contribution in [0.1, 0.15) is 18.6 Å². The molecule has 1 heterocycles. The smallest absolute Gasteiger partial charge is 0.272 e. The van der Waals surface area contributed by atoms with Crippen LogP contribution in [0.2, 0.25) is 5.02 Å². The molecule has 2 unspecified atom stereocenters. The van der Waals surface area contributed by atoms with Gasteiger partial charge in [-0.25, -0.2) is 0 Å². The largest absolute Gasteiger partial charge is 0.463 e. The van der Waals surface area contributed by atoms with Gasteiger partial charge < -0.3 is 10.5 Å². The molecule has 0 bridgehead atoms. The van der Waals surface area contributed by atoms with E-state index < -0.39 is 27.3 Å². The minimum Gasteiger partial charge on any atom is -0.463 e. The van der Waals surface area contributed by atoms with Crippen LogP contribution >= 0.6 is 11.6 Å². The van der Waals surface area contributed by atoms with Crippen LogP contribution in [-0.4, -0.2) is 24.0 Å². The van der Waals surface area contributed by atoms with Crippen molar-refractivity contribution >= 4 is 27.5 Å². The van der Waals surface area contributed by atoms with Crippen LogP contribution in [0.25, 0.3) is 0 Å². The van der Waals surface area contributed by atoms with E-state index in [0.29, 0.717) is 10.6 Å². The first-order valence-corrected chi connectivity index (χ1v) is 7.52. The summed E-state index contributed by atoms with van der Waals surface area (Å²) in [5.41, 5.74) is 5.82. The first kappa shape index (κ1) is 14.8. The molecule has 1 aromatic carbocycles. The second-order valence-electron chi connectivity index (χ2n) is 4.35. The van der Waals surface area contributed by atoms with Crippen molar-refractivity contribution in [1.29, 1.82) is 0 Å². The zero-order chi connectivity index (χ0) is 15.1. The third-order valence-corrected chi connectivity index (χ3v) is 4.42. The Morgan fingerprint density at radius 2 is 1.90 bits per heavy atom. The van der Waals surface area contributed by atoms with Gasteiger partial charge in [-0.3, -0.25) is 9.35 Å². The molecule has 108 valence electrons. The van der Waals surface area contributed by atoms with Crippen molar-refractivity contribution in [3.63, 3.8) is 0 Å². The van der Waals surface area contributed by atoms with Crippen LogP contribution in [-0.2, 0) is 19.6 Å². The molecule has 0 aromatic heterocycles. The number of Topliss-reactive ketones (excluding diaryl/α,β-unsaturated/α-hetero) is 1. The summed E-state index contributed by atoms with van der Waals surface area (Å²) in [6, 6.07) is 6.32. The lowest BCUT2D eigenvalue weighted by Crippen LogP contribution is -2.25. The molecule has 2 rings (SSSR count). The average Bonchev–Trinajstić information content (AvgIpc) is 2.64. The van der Waals surface area contributed by atoms with Gasteiger partial charge in [0.2, 0.25) is 5.78 Å². The van der Waals surface area contributed by atoms with E-state index in [4.69, 9.17) is 26.6 Å². The van der Waals surface area contributed by atoms with Gasteiger partial charge in [0.15, 0.2) is 12.0 Å². The van der Waals surface area contributed by atoms with Gasteiger partial charge in [-0.15, -0.1) is 0 Å². The summed E-state index contributed by atoms with van der Waals surface area (Å²) in [5, 5.41) is -0.945. The highest BCUT2D eigenvalue weighted by atomic mass is 35.5. The van der Waals surface area contributed by atoms with Crippen LogP contribution in [0.4, 0.5) is 0 Å². The van der Waals surface area contributed by atoms with Gasteiger partial charge >= 0.3 is 0 Å². The molecule has 0 aliphatic carbocycles. The van der Waals surface area contributed by atoms with Crippen LogP contribution in [0, 0.1) is 0 Å². The molecule has 1 aliphatic rings. The molecule has 8 heteroatoms. The van der Waals surface area contributed by atoms with Crippen molar-refractivity contribution in [2.24, 2.45) is 5.73 Å². The monoisotopic (exact) mass is 317 g/mol. The molecule has 20 heavy (non-hydrogen) atoms. The van der Waals surface area contributed by atoms with E-state index in [1.54, 1.807) is 24.3 Å². The number of carbonyl (C=O) groups is 1.